The van der Waals surface area contributed by atoms with Crippen LogP contribution in [0.4, 0.5) is 9.52 Å². The summed E-state index contributed by atoms with van der Waals surface area (Å²) < 4.78 is 43.2. The van der Waals surface area contributed by atoms with Gasteiger partial charge in [0, 0.05) is 24.7 Å². The van der Waals surface area contributed by atoms with Gasteiger partial charge in [-0.15, -0.1) is 12.4 Å². The van der Waals surface area contributed by atoms with Crippen LogP contribution in [-0.2, 0) is 10.0 Å². The smallest absolute Gasteiger partial charge is 0.260 e. The van der Waals surface area contributed by atoms with Gasteiger partial charge in [0.15, 0.2) is 5.13 Å². The Morgan fingerprint density at radius 3 is 2.51 bits per heavy atom. The summed E-state index contributed by atoms with van der Waals surface area (Å²) in [6, 6.07) is 10.9. The van der Waals surface area contributed by atoms with Crippen LogP contribution in [0.25, 0.3) is 10.2 Å². The quantitative estimate of drug-likeness (QED) is 0.345. The number of halogens is 2. The van der Waals surface area contributed by atoms with Gasteiger partial charge in [-0.2, -0.15) is 4.31 Å². The van der Waals surface area contributed by atoms with E-state index in [1.165, 1.54) is 29.5 Å². The van der Waals surface area contributed by atoms with Crippen molar-refractivity contribution in [2.24, 2.45) is 0 Å². The minimum absolute atomic E-state index is 0. The second kappa shape index (κ2) is 12.6. The number of anilines is 1. The zero-order chi connectivity index (χ0) is 25.9. The van der Waals surface area contributed by atoms with Gasteiger partial charge in [-0.25, -0.2) is 17.8 Å². The maximum atomic E-state index is 14.3. The molecule has 11 heteroatoms. The standard InChI is InChI=1S/C26H33FN4O3S2.ClH/c1-4-20-9-5-6-18-31(20)36(33,34)21-14-12-19(13-15-21)25(32)30(17-8-16-29(2)3)26-28-24-22(27)10-7-11-23(24)35-26;/h7,10-15,20H,4-6,8-9,16-18H2,1-3H3;1H. The first-order valence-corrected chi connectivity index (χ1v) is 14.6. The van der Waals surface area contributed by atoms with Crippen molar-refractivity contribution in [1.29, 1.82) is 0 Å². The van der Waals surface area contributed by atoms with Gasteiger partial charge in [0.1, 0.15) is 11.3 Å². The highest BCUT2D eigenvalue weighted by Crippen LogP contribution is 2.32. The summed E-state index contributed by atoms with van der Waals surface area (Å²) in [5.74, 6) is -0.713. The van der Waals surface area contributed by atoms with Crippen molar-refractivity contribution in [2.45, 2.75) is 50.0 Å². The molecule has 1 saturated heterocycles. The number of amides is 1. The summed E-state index contributed by atoms with van der Waals surface area (Å²) >= 11 is 1.27. The van der Waals surface area contributed by atoms with Gasteiger partial charge in [-0.1, -0.05) is 30.7 Å². The Balaban J connectivity index is 0.00000380. The number of rotatable bonds is 9. The molecule has 0 N–H and O–H groups in total. The molecule has 1 amide bonds. The summed E-state index contributed by atoms with van der Waals surface area (Å²) in [7, 11) is 0.291. The lowest BCUT2D eigenvalue weighted by Gasteiger charge is -2.34. The molecule has 0 aliphatic carbocycles. The molecule has 2 heterocycles. The molecule has 1 fully saturated rings. The van der Waals surface area contributed by atoms with Gasteiger partial charge in [-0.05, 0) is 82.7 Å². The third-order valence-electron chi connectivity index (χ3n) is 6.57. The SMILES string of the molecule is CCC1CCCCN1S(=O)(=O)c1ccc(C(=O)N(CCCN(C)C)c2nc3c(F)cccc3s2)cc1.Cl. The first-order valence-electron chi connectivity index (χ1n) is 12.4. The van der Waals surface area contributed by atoms with Crippen molar-refractivity contribution < 1.29 is 17.6 Å². The summed E-state index contributed by atoms with van der Waals surface area (Å²) in [5, 5.41) is 0.426. The fourth-order valence-electron chi connectivity index (χ4n) is 4.61. The van der Waals surface area contributed by atoms with E-state index in [2.05, 4.69) is 4.98 Å². The van der Waals surface area contributed by atoms with Crippen LogP contribution in [0.2, 0.25) is 0 Å². The lowest BCUT2D eigenvalue weighted by atomic mass is 10.0. The minimum atomic E-state index is -3.63. The van der Waals surface area contributed by atoms with Crippen LogP contribution < -0.4 is 4.90 Å². The molecule has 202 valence electrons. The molecule has 2 aromatic carbocycles. The number of benzene rings is 2. The molecule has 0 saturated carbocycles. The second-order valence-corrected chi connectivity index (χ2v) is 12.3. The number of thiazole rings is 1. The molecule has 0 radical (unpaired) electrons. The molecule has 1 aliphatic rings. The van der Waals surface area contributed by atoms with E-state index in [9.17, 15) is 17.6 Å². The van der Waals surface area contributed by atoms with E-state index in [0.29, 0.717) is 34.9 Å². The summed E-state index contributed by atoms with van der Waals surface area (Å²) in [6.45, 7) is 3.72. The third kappa shape index (κ3) is 6.49. The Bertz CT molecular complexity index is 1320. The van der Waals surface area contributed by atoms with Crippen molar-refractivity contribution in [1.82, 2.24) is 14.2 Å². The Morgan fingerprint density at radius 1 is 1.14 bits per heavy atom. The minimum Gasteiger partial charge on any atom is -0.309 e. The van der Waals surface area contributed by atoms with Gasteiger partial charge in [0.25, 0.3) is 5.91 Å². The van der Waals surface area contributed by atoms with Gasteiger partial charge >= 0.3 is 0 Å². The highest BCUT2D eigenvalue weighted by Gasteiger charge is 2.32. The number of carbonyl (C=O) groups is 1. The molecular weight excluding hydrogens is 535 g/mol. The Morgan fingerprint density at radius 2 is 1.86 bits per heavy atom. The van der Waals surface area contributed by atoms with E-state index < -0.39 is 15.8 Å². The van der Waals surface area contributed by atoms with E-state index in [1.54, 1.807) is 33.5 Å². The van der Waals surface area contributed by atoms with Gasteiger partial charge in [0.05, 0.1) is 9.60 Å². The zero-order valence-electron chi connectivity index (χ0n) is 21.4. The normalized spacial score (nSPS) is 16.6. The third-order valence-corrected chi connectivity index (χ3v) is 9.58. The average molecular weight is 569 g/mol. The van der Waals surface area contributed by atoms with Crippen molar-refractivity contribution in [3.8, 4) is 0 Å². The molecule has 7 nitrogen and oxygen atoms in total. The number of para-hydroxylation sites is 1. The highest BCUT2D eigenvalue weighted by molar-refractivity contribution is 7.89. The van der Waals surface area contributed by atoms with Crippen LogP contribution in [-0.4, -0.2) is 68.3 Å². The zero-order valence-corrected chi connectivity index (χ0v) is 23.8. The number of hydrogen-bond acceptors (Lipinski definition) is 6. The largest absolute Gasteiger partial charge is 0.309 e. The molecule has 1 aliphatic heterocycles. The molecule has 3 aromatic rings. The van der Waals surface area contributed by atoms with E-state index in [-0.39, 0.29) is 34.8 Å². The van der Waals surface area contributed by atoms with E-state index in [1.807, 2.05) is 25.9 Å². The van der Waals surface area contributed by atoms with Crippen LogP contribution in [0.15, 0.2) is 47.4 Å². The Hall–Kier alpha value is -2.11. The van der Waals surface area contributed by atoms with Crippen molar-refractivity contribution in [3.05, 3.63) is 53.8 Å². The lowest BCUT2D eigenvalue weighted by Crippen LogP contribution is -2.43. The molecule has 4 rings (SSSR count). The predicted molar refractivity (Wildman–Crippen MR) is 150 cm³/mol. The van der Waals surface area contributed by atoms with Crippen LogP contribution in [0, 0.1) is 5.82 Å². The van der Waals surface area contributed by atoms with Crippen LogP contribution in [0.5, 0.6) is 0 Å². The molecule has 37 heavy (non-hydrogen) atoms. The summed E-state index contributed by atoms with van der Waals surface area (Å²) in [5.41, 5.74) is 0.612. The van der Waals surface area contributed by atoms with Gasteiger partial charge in [-0.3, -0.25) is 9.69 Å². The topological polar surface area (TPSA) is 73.8 Å². The van der Waals surface area contributed by atoms with Crippen LogP contribution in [0.1, 0.15) is 49.4 Å². The molecule has 0 bridgehead atoms. The first kappa shape index (κ1) is 29.4. The van der Waals surface area contributed by atoms with Crippen molar-refractivity contribution >= 4 is 55.0 Å². The second-order valence-electron chi connectivity index (χ2n) is 9.39. The fourth-order valence-corrected chi connectivity index (χ4v) is 7.38. The van der Waals surface area contributed by atoms with Crippen molar-refractivity contribution in [3.63, 3.8) is 0 Å². The number of hydrogen-bond donors (Lipinski definition) is 0. The number of nitrogens with zero attached hydrogens (tertiary/aromatic N) is 4. The highest BCUT2D eigenvalue weighted by atomic mass is 35.5. The summed E-state index contributed by atoms with van der Waals surface area (Å²) in [6.07, 6.45) is 4.25. The average Bonchev–Trinajstić information content (AvgIpc) is 3.31. The van der Waals surface area contributed by atoms with Crippen LogP contribution >= 0.6 is 23.7 Å². The monoisotopic (exact) mass is 568 g/mol. The summed E-state index contributed by atoms with van der Waals surface area (Å²) in [4.78, 5) is 21.8. The van der Waals surface area contributed by atoms with Crippen LogP contribution in [0.3, 0.4) is 0 Å². The molecular formula is C26H34ClFN4O3S2. The number of piperidine rings is 1. The van der Waals surface area contributed by atoms with Gasteiger partial charge < -0.3 is 4.90 Å². The lowest BCUT2D eigenvalue weighted by molar-refractivity contribution is 0.0986. The van der Waals surface area contributed by atoms with Crippen molar-refractivity contribution in [2.75, 3.05) is 38.6 Å². The number of carbonyl (C=O) groups excluding carboxylic acids is 1. The number of fused-ring (bicyclic) bond motifs is 1. The predicted octanol–water partition coefficient (Wildman–Crippen LogP) is 5.41. The first-order chi connectivity index (χ1) is 17.2. The Kier molecular flexibility index (Phi) is 10.0. The Labute approximate surface area is 228 Å². The van der Waals surface area contributed by atoms with E-state index in [0.717, 1.165) is 32.2 Å². The molecule has 1 atom stereocenters. The maximum Gasteiger partial charge on any atom is 0.260 e. The van der Waals surface area contributed by atoms with E-state index in [4.69, 9.17) is 0 Å². The fraction of sp³-hybridized carbons (Fsp3) is 0.462. The van der Waals surface area contributed by atoms with E-state index >= 15 is 0 Å². The molecule has 1 aromatic heterocycles. The number of sulfonamides is 1. The molecule has 0 spiro atoms. The number of aromatic nitrogens is 1. The van der Waals surface area contributed by atoms with Gasteiger partial charge in [0.2, 0.25) is 10.0 Å². The maximum absolute atomic E-state index is 14.3. The molecule has 1 unspecified atom stereocenters.